The molecule has 1 nitrogen and oxygen atoms in total. The maximum Gasteiger partial charge on any atom is 0.0992 e. The lowest BCUT2D eigenvalue weighted by molar-refractivity contribution is 1.48. The van der Waals surface area contributed by atoms with Crippen LogP contribution in [0.2, 0.25) is 0 Å². The average molecular weight is 620 g/mol. The van der Waals surface area contributed by atoms with Crippen molar-refractivity contribution in [1.82, 2.24) is 0 Å². The Morgan fingerprint density at radius 2 is 1.02 bits per heavy atom. The molecule has 9 aromatic rings. The molecule has 0 saturated heterocycles. The van der Waals surface area contributed by atoms with Crippen molar-refractivity contribution in [3.8, 4) is 50.6 Å². The maximum absolute atomic E-state index is 10.1. The van der Waals surface area contributed by atoms with Gasteiger partial charge in [-0.2, -0.15) is 5.26 Å². The van der Waals surface area contributed by atoms with Crippen molar-refractivity contribution in [1.29, 1.82) is 5.26 Å². The fourth-order valence-electron chi connectivity index (χ4n) is 6.75. The first-order chi connectivity index (χ1) is 22.7. The molecule has 0 aliphatic heterocycles. The fraction of sp³-hybridized carbons (Fsp3) is 0. The Balaban J connectivity index is 1.31. The topological polar surface area (TPSA) is 23.8 Å². The number of hydrogen-bond acceptors (Lipinski definition) is 3. The van der Waals surface area contributed by atoms with Gasteiger partial charge in [0, 0.05) is 40.3 Å². The summed E-state index contributed by atoms with van der Waals surface area (Å²) in [4.78, 5) is 0. The van der Waals surface area contributed by atoms with Gasteiger partial charge in [-0.3, -0.25) is 0 Å². The summed E-state index contributed by atoms with van der Waals surface area (Å²) in [5, 5.41) is 15.3. The fourth-order valence-corrected chi connectivity index (χ4v) is 9.02. The predicted octanol–water partition coefficient (Wildman–Crippen LogP) is 13.0. The molecule has 0 unspecified atom stereocenters. The molecule has 214 valence electrons. The summed E-state index contributed by atoms with van der Waals surface area (Å²) in [5.41, 5.74) is 9.65. The lowest BCUT2D eigenvalue weighted by Gasteiger charge is -2.16. The number of nitrogens with zero attached hydrogens (tertiary/aromatic N) is 1. The summed E-state index contributed by atoms with van der Waals surface area (Å²) >= 11 is 3.68. The molecule has 0 spiro atoms. The Kier molecular flexibility index (Phi) is 6.31. The van der Waals surface area contributed by atoms with Crippen LogP contribution in [0.25, 0.3) is 84.9 Å². The number of thiophene rings is 2. The van der Waals surface area contributed by atoms with E-state index in [1.807, 2.05) is 53.0 Å². The van der Waals surface area contributed by atoms with Crippen LogP contribution in [0, 0.1) is 11.3 Å². The molecule has 0 bridgehead atoms. The van der Waals surface area contributed by atoms with Crippen LogP contribution < -0.4 is 0 Å². The van der Waals surface area contributed by atoms with Gasteiger partial charge in [-0.05, 0) is 93.0 Å². The van der Waals surface area contributed by atoms with Crippen molar-refractivity contribution in [2.75, 3.05) is 0 Å². The molecule has 0 saturated carbocycles. The van der Waals surface area contributed by atoms with Crippen LogP contribution >= 0.6 is 22.7 Å². The molecule has 0 N–H and O–H groups in total. The molecular formula is C43H25NS2. The highest BCUT2D eigenvalue weighted by Gasteiger charge is 2.17. The van der Waals surface area contributed by atoms with Gasteiger partial charge >= 0.3 is 0 Å². The number of rotatable bonds is 4. The second-order valence-electron chi connectivity index (χ2n) is 11.6. The van der Waals surface area contributed by atoms with Crippen molar-refractivity contribution >= 4 is 63.0 Å². The first kappa shape index (κ1) is 26.8. The molecular weight excluding hydrogens is 595 g/mol. The monoisotopic (exact) mass is 619 g/mol. The standard InChI is InChI=1S/C43H25NS2/c44-26-27-21-31(28-9-2-1-3-10-28)23-32(22-27)38-24-29(30-18-20-35-34-11-4-6-14-39(34)46-42(35)25-30)17-19-33(38)36-13-8-16-41-43(36)37-12-5-7-15-40(37)45-41/h1-25H. The van der Waals surface area contributed by atoms with Gasteiger partial charge in [-0.15, -0.1) is 22.7 Å². The highest BCUT2D eigenvalue weighted by Crippen LogP contribution is 2.45. The lowest BCUT2D eigenvalue weighted by Crippen LogP contribution is -1.91. The Bertz CT molecular complexity index is 2650. The number of fused-ring (bicyclic) bond motifs is 6. The van der Waals surface area contributed by atoms with Crippen molar-refractivity contribution in [3.63, 3.8) is 0 Å². The van der Waals surface area contributed by atoms with Crippen LogP contribution in [0.4, 0.5) is 0 Å². The minimum Gasteiger partial charge on any atom is -0.192 e. The molecule has 0 radical (unpaired) electrons. The van der Waals surface area contributed by atoms with Gasteiger partial charge in [-0.1, -0.05) is 103 Å². The van der Waals surface area contributed by atoms with E-state index >= 15 is 0 Å². The zero-order chi connectivity index (χ0) is 30.6. The van der Waals surface area contributed by atoms with Crippen LogP contribution in [0.5, 0.6) is 0 Å². The zero-order valence-corrected chi connectivity index (χ0v) is 26.3. The predicted molar refractivity (Wildman–Crippen MR) is 199 cm³/mol. The average Bonchev–Trinajstić information content (AvgIpc) is 3.69. The molecule has 0 atom stereocenters. The highest BCUT2D eigenvalue weighted by atomic mass is 32.1. The SMILES string of the molecule is N#Cc1cc(-c2ccccc2)cc(-c2cc(-c3ccc4c(c3)sc3ccccc34)ccc2-c2cccc3sc4ccccc4c23)c1. The summed E-state index contributed by atoms with van der Waals surface area (Å²) in [7, 11) is 0. The smallest absolute Gasteiger partial charge is 0.0992 e. The van der Waals surface area contributed by atoms with E-state index in [2.05, 4.69) is 127 Å². The summed E-state index contributed by atoms with van der Waals surface area (Å²) in [6, 6.07) is 56.7. The first-order valence-electron chi connectivity index (χ1n) is 15.3. The van der Waals surface area contributed by atoms with Crippen molar-refractivity contribution in [3.05, 3.63) is 157 Å². The van der Waals surface area contributed by atoms with Crippen LogP contribution in [-0.4, -0.2) is 0 Å². The number of hydrogen-bond donors (Lipinski definition) is 0. The molecule has 0 fully saturated rings. The number of nitriles is 1. The van der Waals surface area contributed by atoms with E-state index in [1.165, 1.54) is 51.5 Å². The Hall–Kier alpha value is -5.53. The normalized spacial score (nSPS) is 11.5. The Morgan fingerprint density at radius 3 is 1.87 bits per heavy atom. The zero-order valence-electron chi connectivity index (χ0n) is 24.7. The van der Waals surface area contributed by atoms with Gasteiger partial charge in [0.1, 0.15) is 0 Å². The molecule has 0 amide bonds. The summed E-state index contributed by atoms with van der Waals surface area (Å²) < 4.78 is 5.16. The minimum absolute atomic E-state index is 0.651. The van der Waals surface area contributed by atoms with Crippen LogP contribution in [0.15, 0.2) is 152 Å². The van der Waals surface area contributed by atoms with E-state index < -0.39 is 0 Å². The van der Waals surface area contributed by atoms with Gasteiger partial charge < -0.3 is 0 Å². The van der Waals surface area contributed by atoms with Crippen molar-refractivity contribution in [2.24, 2.45) is 0 Å². The van der Waals surface area contributed by atoms with Gasteiger partial charge in [-0.25, -0.2) is 0 Å². The van der Waals surface area contributed by atoms with Gasteiger partial charge in [0.2, 0.25) is 0 Å². The van der Waals surface area contributed by atoms with Crippen molar-refractivity contribution < 1.29 is 0 Å². The molecule has 9 rings (SSSR count). The molecule has 0 aliphatic carbocycles. The second-order valence-corrected chi connectivity index (χ2v) is 13.8. The Labute approximate surface area is 274 Å². The maximum atomic E-state index is 10.1. The third-order valence-electron chi connectivity index (χ3n) is 8.90. The third kappa shape index (κ3) is 4.43. The molecule has 46 heavy (non-hydrogen) atoms. The summed E-state index contributed by atoms with van der Waals surface area (Å²) in [5.74, 6) is 0. The molecule has 0 aliphatic rings. The van der Waals surface area contributed by atoms with E-state index in [9.17, 15) is 5.26 Å². The van der Waals surface area contributed by atoms with Gasteiger partial charge in [0.25, 0.3) is 0 Å². The molecule has 2 aromatic heterocycles. The molecule has 2 heterocycles. The molecule has 3 heteroatoms. The quantitative estimate of drug-likeness (QED) is 0.192. The van der Waals surface area contributed by atoms with E-state index in [1.54, 1.807) is 0 Å². The summed E-state index contributed by atoms with van der Waals surface area (Å²) in [6.07, 6.45) is 0. The van der Waals surface area contributed by atoms with E-state index in [-0.39, 0.29) is 0 Å². The van der Waals surface area contributed by atoms with E-state index in [0.717, 1.165) is 33.4 Å². The largest absolute Gasteiger partial charge is 0.192 e. The van der Waals surface area contributed by atoms with Crippen LogP contribution in [0.1, 0.15) is 5.56 Å². The number of benzene rings is 7. The van der Waals surface area contributed by atoms with Crippen LogP contribution in [-0.2, 0) is 0 Å². The van der Waals surface area contributed by atoms with Crippen molar-refractivity contribution in [2.45, 2.75) is 0 Å². The second kappa shape index (κ2) is 10.8. The van der Waals surface area contributed by atoms with E-state index in [0.29, 0.717) is 5.56 Å². The first-order valence-corrected chi connectivity index (χ1v) is 16.9. The third-order valence-corrected chi connectivity index (χ3v) is 11.2. The van der Waals surface area contributed by atoms with Gasteiger partial charge in [0.15, 0.2) is 0 Å². The lowest BCUT2D eigenvalue weighted by atomic mass is 9.87. The molecule has 7 aromatic carbocycles. The highest BCUT2D eigenvalue weighted by molar-refractivity contribution is 7.26. The summed E-state index contributed by atoms with van der Waals surface area (Å²) in [6.45, 7) is 0. The Morgan fingerprint density at radius 1 is 0.370 bits per heavy atom. The minimum atomic E-state index is 0.651. The van der Waals surface area contributed by atoms with Gasteiger partial charge in [0.05, 0.1) is 11.6 Å². The van der Waals surface area contributed by atoms with E-state index in [4.69, 9.17) is 0 Å². The van der Waals surface area contributed by atoms with Crippen LogP contribution in [0.3, 0.4) is 0 Å².